The summed E-state index contributed by atoms with van der Waals surface area (Å²) >= 11 is 0. The van der Waals surface area contributed by atoms with Crippen LogP contribution < -0.4 is 11.1 Å². The van der Waals surface area contributed by atoms with Gasteiger partial charge in [-0.25, -0.2) is 8.42 Å². The number of sulfone groups is 1. The van der Waals surface area contributed by atoms with Crippen molar-refractivity contribution in [1.82, 2.24) is 0 Å². The maximum absolute atomic E-state index is 12.3. The molecule has 1 amide bonds. The Hall–Kier alpha value is -2.34. The normalized spacial score (nSPS) is 11.1. The number of nitrogens with one attached hydrogen (secondary N) is 1. The molecule has 2 rings (SSSR count). The molecule has 0 aliphatic carbocycles. The highest BCUT2D eigenvalue weighted by Crippen LogP contribution is 2.19. The van der Waals surface area contributed by atoms with Crippen molar-refractivity contribution >= 4 is 27.1 Å². The molecule has 21 heavy (non-hydrogen) atoms. The molecule has 0 atom stereocenters. The van der Waals surface area contributed by atoms with E-state index in [9.17, 15) is 13.2 Å². The molecule has 2 aromatic carbocycles. The number of hydrogen-bond donors (Lipinski definition) is 2. The first-order valence-corrected chi connectivity index (χ1v) is 7.97. The van der Waals surface area contributed by atoms with Crippen LogP contribution in [0.25, 0.3) is 0 Å². The zero-order valence-corrected chi connectivity index (χ0v) is 12.4. The molecule has 3 N–H and O–H groups in total. The number of amides is 1. The second kappa shape index (κ2) is 5.97. The predicted octanol–water partition coefficient (Wildman–Crippen LogP) is 2.20. The van der Waals surface area contributed by atoms with Gasteiger partial charge in [0.1, 0.15) is 0 Å². The molecule has 0 aliphatic rings. The van der Waals surface area contributed by atoms with Crippen LogP contribution in [0.1, 0.15) is 12.5 Å². The molecule has 0 heterocycles. The molecule has 0 aromatic heterocycles. The van der Waals surface area contributed by atoms with E-state index in [2.05, 4.69) is 5.32 Å². The van der Waals surface area contributed by atoms with Crippen molar-refractivity contribution in [3.63, 3.8) is 0 Å². The van der Waals surface area contributed by atoms with E-state index >= 15 is 0 Å². The summed E-state index contributed by atoms with van der Waals surface area (Å²) in [6.07, 6.45) is 0. The van der Waals surface area contributed by atoms with E-state index in [1.165, 1.54) is 19.1 Å². The summed E-state index contributed by atoms with van der Waals surface area (Å²) in [6.45, 7) is 1.39. The zero-order valence-electron chi connectivity index (χ0n) is 11.5. The van der Waals surface area contributed by atoms with Gasteiger partial charge >= 0.3 is 0 Å². The Morgan fingerprint density at radius 3 is 2.14 bits per heavy atom. The van der Waals surface area contributed by atoms with Crippen LogP contribution in [0, 0.1) is 0 Å². The van der Waals surface area contributed by atoms with Gasteiger partial charge in [0, 0.05) is 18.3 Å². The summed E-state index contributed by atoms with van der Waals surface area (Å²) in [6, 6.07) is 12.8. The van der Waals surface area contributed by atoms with Gasteiger partial charge in [0.25, 0.3) is 0 Å². The molecular formula is C15H16N2O3S. The summed E-state index contributed by atoms with van der Waals surface area (Å²) in [5.41, 5.74) is 7.41. The number of nitrogen functional groups attached to an aromatic ring is 1. The third-order valence-corrected chi connectivity index (χ3v) is 4.57. The van der Waals surface area contributed by atoms with Crippen molar-refractivity contribution in [1.29, 1.82) is 0 Å². The van der Waals surface area contributed by atoms with Gasteiger partial charge in [-0.1, -0.05) is 12.1 Å². The maximum atomic E-state index is 12.3. The van der Waals surface area contributed by atoms with Gasteiger partial charge in [-0.2, -0.15) is 0 Å². The van der Waals surface area contributed by atoms with E-state index in [4.69, 9.17) is 5.73 Å². The van der Waals surface area contributed by atoms with Crippen molar-refractivity contribution in [3.8, 4) is 0 Å². The molecular weight excluding hydrogens is 288 g/mol. The molecule has 0 fully saturated rings. The standard InChI is InChI=1S/C15H16N2O3S/c1-11(18)17-14-6-8-15(9-7-14)21(19,20)10-12-2-4-13(16)5-3-12/h2-9H,10,16H2,1H3,(H,17,18). The number of nitrogens with two attached hydrogens (primary N) is 1. The average molecular weight is 304 g/mol. The van der Waals surface area contributed by atoms with Crippen LogP contribution >= 0.6 is 0 Å². The van der Waals surface area contributed by atoms with Crippen LogP contribution in [0.4, 0.5) is 11.4 Å². The predicted molar refractivity (Wildman–Crippen MR) is 82.5 cm³/mol. The number of anilines is 2. The van der Waals surface area contributed by atoms with Crippen LogP contribution in [-0.2, 0) is 20.4 Å². The van der Waals surface area contributed by atoms with Gasteiger partial charge in [0.15, 0.2) is 9.84 Å². The lowest BCUT2D eigenvalue weighted by Gasteiger charge is -2.07. The van der Waals surface area contributed by atoms with Crippen molar-refractivity contribution in [2.24, 2.45) is 0 Å². The summed E-state index contributed by atoms with van der Waals surface area (Å²) in [7, 11) is -3.42. The Morgan fingerprint density at radius 1 is 1.05 bits per heavy atom. The topological polar surface area (TPSA) is 89.3 Å². The molecule has 110 valence electrons. The second-order valence-corrected chi connectivity index (χ2v) is 6.70. The number of rotatable bonds is 4. The van der Waals surface area contributed by atoms with Gasteiger partial charge in [-0.15, -0.1) is 0 Å². The molecule has 0 bridgehead atoms. The molecule has 6 heteroatoms. The van der Waals surface area contributed by atoms with Gasteiger partial charge in [-0.05, 0) is 42.0 Å². The lowest BCUT2D eigenvalue weighted by molar-refractivity contribution is -0.114. The number of carbonyl (C=O) groups is 1. The van der Waals surface area contributed by atoms with Gasteiger partial charge in [0.05, 0.1) is 10.6 Å². The zero-order chi connectivity index (χ0) is 15.5. The summed E-state index contributed by atoms with van der Waals surface area (Å²) in [4.78, 5) is 11.1. The van der Waals surface area contributed by atoms with Crippen molar-refractivity contribution < 1.29 is 13.2 Å². The van der Waals surface area contributed by atoms with Gasteiger partial charge in [0.2, 0.25) is 5.91 Å². The van der Waals surface area contributed by atoms with Gasteiger partial charge in [-0.3, -0.25) is 4.79 Å². The Balaban J connectivity index is 2.19. The lowest BCUT2D eigenvalue weighted by Crippen LogP contribution is -2.07. The van der Waals surface area contributed by atoms with Crippen molar-refractivity contribution in [2.45, 2.75) is 17.6 Å². The Bertz CT molecular complexity index is 735. The van der Waals surface area contributed by atoms with Crippen LogP contribution in [0.15, 0.2) is 53.4 Å². The minimum atomic E-state index is -3.42. The Kier molecular flexibility index (Phi) is 4.28. The third kappa shape index (κ3) is 4.06. The number of benzene rings is 2. The van der Waals surface area contributed by atoms with Crippen molar-refractivity contribution in [2.75, 3.05) is 11.1 Å². The second-order valence-electron chi connectivity index (χ2n) is 4.71. The summed E-state index contributed by atoms with van der Waals surface area (Å²) < 4.78 is 24.6. The Labute approximate surface area is 123 Å². The highest BCUT2D eigenvalue weighted by atomic mass is 32.2. The van der Waals surface area contributed by atoms with E-state index in [-0.39, 0.29) is 16.6 Å². The van der Waals surface area contributed by atoms with Crippen LogP contribution in [0.5, 0.6) is 0 Å². The van der Waals surface area contributed by atoms with E-state index in [1.54, 1.807) is 36.4 Å². The molecule has 0 saturated heterocycles. The number of hydrogen-bond acceptors (Lipinski definition) is 4. The molecule has 0 radical (unpaired) electrons. The van der Waals surface area contributed by atoms with Crippen molar-refractivity contribution in [3.05, 3.63) is 54.1 Å². The summed E-state index contributed by atoms with van der Waals surface area (Å²) in [5, 5.41) is 2.59. The first kappa shape index (κ1) is 15.1. The van der Waals surface area contributed by atoms with Crippen LogP contribution in [0.2, 0.25) is 0 Å². The van der Waals surface area contributed by atoms with E-state index < -0.39 is 9.84 Å². The first-order valence-electron chi connectivity index (χ1n) is 6.32. The van der Waals surface area contributed by atoms with Crippen LogP contribution in [0.3, 0.4) is 0 Å². The highest BCUT2D eigenvalue weighted by molar-refractivity contribution is 7.90. The van der Waals surface area contributed by atoms with E-state index in [0.29, 0.717) is 16.9 Å². The lowest BCUT2D eigenvalue weighted by atomic mass is 10.2. The average Bonchev–Trinajstić information content (AvgIpc) is 2.41. The molecule has 0 spiro atoms. The molecule has 0 saturated carbocycles. The minimum Gasteiger partial charge on any atom is -0.399 e. The largest absolute Gasteiger partial charge is 0.399 e. The Morgan fingerprint density at radius 2 is 1.62 bits per heavy atom. The van der Waals surface area contributed by atoms with Crippen LogP contribution in [-0.4, -0.2) is 14.3 Å². The highest BCUT2D eigenvalue weighted by Gasteiger charge is 2.15. The maximum Gasteiger partial charge on any atom is 0.221 e. The fourth-order valence-electron chi connectivity index (χ4n) is 1.87. The fourth-order valence-corrected chi connectivity index (χ4v) is 3.21. The first-order chi connectivity index (χ1) is 9.87. The minimum absolute atomic E-state index is 0.0905. The van der Waals surface area contributed by atoms with E-state index in [0.717, 1.165) is 0 Å². The SMILES string of the molecule is CC(=O)Nc1ccc(S(=O)(=O)Cc2ccc(N)cc2)cc1. The number of carbonyl (C=O) groups excluding carboxylic acids is 1. The summed E-state index contributed by atoms with van der Waals surface area (Å²) in [5.74, 6) is -0.292. The van der Waals surface area contributed by atoms with Gasteiger partial charge < -0.3 is 11.1 Å². The molecule has 0 aliphatic heterocycles. The molecule has 5 nitrogen and oxygen atoms in total. The molecule has 0 unspecified atom stereocenters. The quantitative estimate of drug-likeness (QED) is 0.847. The smallest absolute Gasteiger partial charge is 0.221 e. The van der Waals surface area contributed by atoms with E-state index in [1.807, 2.05) is 0 Å². The monoisotopic (exact) mass is 304 g/mol. The third-order valence-electron chi connectivity index (χ3n) is 2.87. The fraction of sp³-hybridized carbons (Fsp3) is 0.133. The molecule has 2 aromatic rings.